The van der Waals surface area contributed by atoms with E-state index in [4.69, 9.17) is 0 Å². The summed E-state index contributed by atoms with van der Waals surface area (Å²) in [6.07, 6.45) is 6.19. The summed E-state index contributed by atoms with van der Waals surface area (Å²) in [5, 5.41) is 11.7. The number of carboxylic acids is 1. The Morgan fingerprint density at radius 2 is 2.35 bits per heavy atom. The normalized spacial score (nSPS) is 30.9. The maximum absolute atomic E-state index is 11.7. The second-order valence-electron chi connectivity index (χ2n) is 6.42. The lowest BCUT2D eigenvalue weighted by molar-refractivity contribution is -0.144. The molecule has 1 N–H and O–H groups in total. The van der Waals surface area contributed by atoms with Crippen LogP contribution in [-0.2, 0) is 11.2 Å². The van der Waals surface area contributed by atoms with Gasteiger partial charge in [-0.15, -0.1) is 11.3 Å². The Hall–Kier alpha value is -0.870. The summed E-state index contributed by atoms with van der Waals surface area (Å²) in [5.41, 5.74) is 1.04. The fraction of sp³-hybridized carbons (Fsp3) is 0.688. The fourth-order valence-electron chi connectivity index (χ4n) is 3.91. The number of hydrogen-bond acceptors (Lipinski definition) is 3. The molecule has 1 aromatic heterocycles. The average molecular weight is 293 g/mol. The molecule has 3 atom stereocenters. The van der Waals surface area contributed by atoms with Crippen LogP contribution < -0.4 is 0 Å². The van der Waals surface area contributed by atoms with E-state index in [1.807, 2.05) is 11.4 Å². The van der Waals surface area contributed by atoms with Crippen LogP contribution in [0.25, 0.3) is 0 Å². The van der Waals surface area contributed by atoms with E-state index in [0.29, 0.717) is 5.92 Å². The van der Waals surface area contributed by atoms with Crippen molar-refractivity contribution in [3.05, 3.63) is 21.9 Å². The standard InChI is InChI=1S/C16H23NO2S/c1-11-3-2-4-12(9-11)10-17-7-5-14-13(6-8-20-14)15(17)16(18)19/h6,8,11-12,15H,2-5,7,9-10H2,1H3,(H,18,19). The quantitative estimate of drug-likeness (QED) is 0.926. The molecule has 1 aromatic rings. The molecule has 1 fully saturated rings. The van der Waals surface area contributed by atoms with Crippen LogP contribution in [0.1, 0.15) is 49.1 Å². The minimum atomic E-state index is -0.687. The monoisotopic (exact) mass is 293 g/mol. The van der Waals surface area contributed by atoms with Gasteiger partial charge in [0.1, 0.15) is 6.04 Å². The van der Waals surface area contributed by atoms with E-state index < -0.39 is 12.0 Å². The van der Waals surface area contributed by atoms with Gasteiger partial charge in [0.2, 0.25) is 0 Å². The molecular formula is C16H23NO2S. The molecule has 3 nitrogen and oxygen atoms in total. The molecule has 4 heteroatoms. The molecule has 1 saturated carbocycles. The first kappa shape index (κ1) is 14.1. The molecule has 3 rings (SSSR count). The minimum absolute atomic E-state index is 0.415. The van der Waals surface area contributed by atoms with Crippen molar-refractivity contribution in [3.8, 4) is 0 Å². The highest BCUT2D eigenvalue weighted by molar-refractivity contribution is 7.10. The Balaban J connectivity index is 1.74. The third-order valence-electron chi connectivity index (χ3n) is 4.84. The number of thiophene rings is 1. The molecule has 0 amide bonds. The van der Waals surface area contributed by atoms with Gasteiger partial charge in [-0.1, -0.05) is 19.8 Å². The van der Waals surface area contributed by atoms with Gasteiger partial charge in [0.15, 0.2) is 0 Å². The zero-order valence-electron chi connectivity index (χ0n) is 12.0. The third kappa shape index (κ3) is 2.77. The van der Waals surface area contributed by atoms with Crippen LogP contribution in [0.5, 0.6) is 0 Å². The van der Waals surface area contributed by atoms with E-state index >= 15 is 0 Å². The summed E-state index contributed by atoms with van der Waals surface area (Å²) in [4.78, 5) is 15.2. The van der Waals surface area contributed by atoms with Crippen LogP contribution in [0, 0.1) is 11.8 Å². The average Bonchev–Trinajstić information content (AvgIpc) is 2.86. The van der Waals surface area contributed by atoms with E-state index in [9.17, 15) is 9.90 Å². The number of carboxylic acid groups (broad SMARTS) is 1. The van der Waals surface area contributed by atoms with Crippen LogP contribution in [-0.4, -0.2) is 29.1 Å². The van der Waals surface area contributed by atoms with Crippen LogP contribution in [0.4, 0.5) is 0 Å². The maximum Gasteiger partial charge on any atom is 0.325 e. The van der Waals surface area contributed by atoms with E-state index in [1.165, 1.54) is 30.6 Å². The van der Waals surface area contributed by atoms with Crippen molar-refractivity contribution < 1.29 is 9.90 Å². The summed E-state index contributed by atoms with van der Waals surface area (Å²) in [6, 6.07) is 1.59. The van der Waals surface area contributed by atoms with Crippen molar-refractivity contribution in [3.63, 3.8) is 0 Å². The van der Waals surface area contributed by atoms with E-state index in [0.717, 1.165) is 31.0 Å². The lowest BCUT2D eigenvalue weighted by Crippen LogP contribution is -2.42. The van der Waals surface area contributed by atoms with Gasteiger partial charge in [0, 0.05) is 18.0 Å². The minimum Gasteiger partial charge on any atom is -0.480 e. The Bertz CT molecular complexity index is 485. The second-order valence-corrected chi connectivity index (χ2v) is 7.42. The molecule has 110 valence electrons. The summed E-state index contributed by atoms with van der Waals surface area (Å²) < 4.78 is 0. The van der Waals surface area contributed by atoms with E-state index in [2.05, 4.69) is 11.8 Å². The number of nitrogens with zero attached hydrogens (tertiary/aromatic N) is 1. The van der Waals surface area contributed by atoms with Crippen LogP contribution >= 0.6 is 11.3 Å². The van der Waals surface area contributed by atoms with Gasteiger partial charge in [0.25, 0.3) is 0 Å². The van der Waals surface area contributed by atoms with Crippen molar-refractivity contribution in [2.75, 3.05) is 13.1 Å². The molecule has 0 aromatic carbocycles. The van der Waals surface area contributed by atoms with Gasteiger partial charge < -0.3 is 5.11 Å². The Kier molecular flexibility index (Phi) is 4.13. The number of fused-ring (bicyclic) bond motifs is 1. The van der Waals surface area contributed by atoms with E-state index in [-0.39, 0.29) is 0 Å². The molecule has 1 aliphatic carbocycles. The number of hydrogen-bond donors (Lipinski definition) is 1. The van der Waals surface area contributed by atoms with E-state index in [1.54, 1.807) is 11.3 Å². The van der Waals surface area contributed by atoms with Crippen molar-refractivity contribution in [2.45, 2.75) is 45.1 Å². The Morgan fingerprint density at radius 1 is 1.50 bits per heavy atom. The largest absolute Gasteiger partial charge is 0.480 e. The SMILES string of the molecule is CC1CCCC(CN2CCc3sccc3C2C(=O)O)C1. The zero-order valence-corrected chi connectivity index (χ0v) is 12.9. The van der Waals surface area contributed by atoms with Crippen LogP contribution in [0.15, 0.2) is 11.4 Å². The zero-order chi connectivity index (χ0) is 14.1. The Morgan fingerprint density at radius 3 is 3.10 bits per heavy atom. The predicted octanol–water partition coefficient (Wildman–Crippen LogP) is 3.56. The second kappa shape index (κ2) is 5.86. The predicted molar refractivity (Wildman–Crippen MR) is 81.1 cm³/mol. The van der Waals surface area contributed by atoms with Gasteiger partial charge in [-0.05, 0) is 48.1 Å². The molecule has 2 aliphatic rings. The third-order valence-corrected chi connectivity index (χ3v) is 5.83. The molecule has 1 aliphatic heterocycles. The van der Waals surface area contributed by atoms with Gasteiger partial charge >= 0.3 is 5.97 Å². The molecule has 0 spiro atoms. The topological polar surface area (TPSA) is 40.5 Å². The van der Waals surface area contributed by atoms with Crippen LogP contribution in [0.2, 0.25) is 0 Å². The van der Waals surface area contributed by atoms with Crippen molar-refractivity contribution in [1.29, 1.82) is 0 Å². The summed E-state index contributed by atoms with van der Waals surface area (Å²) in [5.74, 6) is 0.799. The van der Waals surface area contributed by atoms with Gasteiger partial charge in [-0.25, -0.2) is 0 Å². The number of carbonyl (C=O) groups is 1. The molecular weight excluding hydrogens is 270 g/mol. The highest BCUT2D eigenvalue weighted by atomic mass is 32.1. The van der Waals surface area contributed by atoms with Crippen LogP contribution in [0.3, 0.4) is 0 Å². The van der Waals surface area contributed by atoms with Crippen molar-refractivity contribution in [2.24, 2.45) is 11.8 Å². The summed E-state index contributed by atoms with van der Waals surface area (Å²) >= 11 is 1.71. The lowest BCUT2D eigenvalue weighted by Gasteiger charge is -2.37. The van der Waals surface area contributed by atoms with Gasteiger partial charge in [-0.3, -0.25) is 9.69 Å². The molecule has 0 saturated heterocycles. The van der Waals surface area contributed by atoms with Crippen molar-refractivity contribution >= 4 is 17.3 Å². The molecule has 3 unspecified atom stereocenters. The molecule has 0 radical (unpaired) electrons. The lowest BCUT2D eigenvalue weighted by atomic mass is 9.81. The maximum atomic E-state index is 11.7. The molecule has 2 heterocycles. The smallest absolute Gasteiger partial charge is 0.325 e. The highest BCUT2D eigenvalue weighted by Gasteiger charge is 2.35. The summed E-state index contributed by atoms with van der Waals surface area (Å²) in [7, 11) is 0. The Labute approximate surface area is 124 Å². The number of aliphatic carboxylic acids is 1. The first-order chi connectivity index (χ1) is 9.65. The van der Waals surface area contributed by atoms with Gasteiger partial charge in [-0.2, -0.15) is 0 Å². The molecule has 20 heavy (non-hydrogen) atoms. The highest BCUT2D eigenvalue weighted by Crippen LogP contribution is 2.36. The first-order valence-corrected chi connectivity index (χ1v) is 8.56. The van der Waals surface area contributed by atoms with Gasteiger partial charge in [0.05, 0.1) is 0 Å². The first-order valence-electron chi connectivity index (χ1n) is 7.68. The number of rotatable bonds is 3. The molecule has 0 bridgehead atoms. The summed E-state index contributed by atoms with van der Waals surface area (Å²) in [6.45, 7) is 4.18. The van der Waals surface area contributed by atoms with Crippen molar-refractivity contribution in [1.82, 2.24) is 4.90 Å². The fourth-order valence-corrected chi connectivity index (χ4v) is 4.82.